The van der Waals surface area contributed by atoms with Crippen molar-refractivity contribution in [2.45, 2.75) is 31.8 Å². The number of nitrogens with two attached hydrogens (primary N) is 1. The molecule has 2 N–H and O–H groups in total. The van der Waals surface area contributed by atoms with Crippen LogP contribution >= 0.6 is 22.9 Å². The SMILES string of the molecule is NCCc1nc(C(=O)N(Cc2ccc(Cl)cc2)C2CC2)cs1. The van der Waals surface area contributed by atoms with Gasteiger partial charge in [0.05, 0.1) is 5.01 Å². The number of carbonyl (C=O) groups excluding carboxylic acids is 1. The predicted octanol–water partition coefficient (Wildman–Crippen LogP) is 3.10. The van der Waals surface area contributed by atoms with Crippen LogP contribution in [0.5, 0.6) is 0 Å². The molecule has 1 aliphatic rings. The van der Waals surface area contributed by atoms with Crippen molar-refractivity contribution in [1.82, 2.24) is 9.88 Å². The molecule has 1 aromatic carbocycles. The fourth-order valence-electron chi connectivity index (χ4n) is 2.33. The molecule has 0 aliphatic heterocycles. The van der Waals surface area contributed by atoms with E-state index in [0.717, 1.165) is 29.8 Å². The number of hydrogen-bond acceptors (Lipinski definition) is 4. The predicted molar refractivity (Wildman–Crippen MR) is 89.2 cm³/mol. The molecule has 1 fully saturated rings. The van der Waals surface area contributed by atoms with Gasteiger partial charge in [-0.3, -0.25) is 4.79 Å². The third-order valence-corrected chi connectivity index (χ3v) is 4.80. The van der Waals surface area contributed by atoms with Crippen molar-refractivity contribution in [2.24, 2.45) is 5.73 Å². The number of hydrogen-bond donors (Lipinski definition) is 1. The first-order valence-corrected chi connectivity index (χ1v) is 8.63. The summed E-state index contributed by atoms with van der Waals surface area (Å²) in [5.74, 6) is 0.0111. The summed E-state index contributed by atoms with van der Waals surface area (Å²) in [6.45, 7) is 1.16. The van der Waals surface area contributed by atoms with Crippen LogP contribution in [0.4, 0.5) is 0 Å². The quantitative estimate of drug-likeness (QED) is 0.882. The summed E-state index contributed by atoms with van der Waals surface area (Å²) < 4.78 is 0. The van der Waals surface area contributed by atoms with Gasteiger partial charge in [-0.05, 0) is 37.1 Å². The average Bonchev–Trinajstić information content (AvgIpc) is 3.25. The Morgan fingerprint density at radius 1 is 1.36 bits per heavy atom. The zero-order valence-corrected chi connectivity index (χ0v) is 13.7. The standard InChI is InChI=1S/C16H18ClN3OS/c17-12-3-1-11(2-4-12)9-20(13-5-6-13)16(21)14-10-22-15(19-14)7-8-18/h1-4,10,13H,5-9,18H2. The lowest BCUT2D eigenvalue weighted by Gasteiger charge is -2.21. The summed E-state index contributed by atoms with van der Waals surface area (Å²) in [6, 6.07) is 7.98. The Kier molecular flexibility index (Phi) is 4.76. The van der Waals surface area contributed by atoms with Crippen molar-refractivity contribution in [1.29, 1.82) is 0 Å². The average molecular weight is 336 g/mol. The van der Waals surface area contributed by atoms with Gasteiger partial charge in [0.2, 0.25) is 0 Å². The number of nitrogens with zero attached hydrogens (tertiary/aromatic N) is 2. The lowest BCUT2D eigenvalue weighted by atomic mass is 10.2. The van der Waals surface area contributed by atoms with E-state index in [4.69, 9.17) is 17.3 Å². The molecule has 1 saturated carbocycles. The molecular weight excluding hydrogens is 318 g/mol. The summed E-state index contributed by atoms with van der Waals surface area (Å²) in [4.78, 5) is 19.1. The van der Waals surface area contributed by atoms with Crippen LogP contribution in [0.25, 0.3) is 0 Å². The molecule has 2 aromatic rings. The lowest BCUT2D eigenvalue weighted by Crippen LogP contribution is -2.32. The van der Waals surface area contributed by atoms with E-state index in [0.29, 0.717) is 29.8 Å². The topological polar surface area (TPSA) is 59.2 Å². The Balaban J connectivity index is 1.75. The highest BCUT2D eigenvalue weighted by Gasteiger charge is 2.33. The van der Waals surface area contributed by atoms with Crippen molar-refractivity contribution < 1.29 is 4.79 Å². The summed E-state index contributed by atoms with van der Waals surface area (Å²) >= 11 is 7.42. The molecule has 3 rings (SSSR count). The van der Waals surface area contributed by atoms with Crippen LogP contribution in [0.3, 0.4) is 0 Å². The smallest absolute Gasteiger partial charge is 0.273 e. The summed E-state index contributed by atoms with van der Waals surface area (Å²) in [7, 11) is 0. The second-order valence-corrected chi connectivity index (χ2v) is 6.83. The first-order valence-electron chi connectivity index (χ1n) is 7.37. The Labute approximate surface area is 138 Å². The Hall–Kier alpha value is -1.43. The third kappa shape index (κ3) is 3.66. The number of thiazole rings is 1. The highest BCUT2D eigenvalue weighted by molar-refractivity contribution is 7.09. The van der Waals surface area contributed by atoms with Crippen molar-refractivity contribution in [3.05, 3.63) is 50.9 Å². The maximum atomic E-state index is 12.7. The maximum Gasteiger partial charge on any atom is 0.273 e. The van der Waals surface area contributed by atoms with E-state index < -0.39 is 0 Å². The number of carbonyl (C=O) groups is 1. The fraction of sp³-hybridized carbons (Fsp3) is 0.375. The molecule has 0 unspecified atom stereocenters. The molecule has 0 spiro atoms. The van der Waals surface area contributed by atoms with Gasteiger partial charge in [-0.1, -0.05) is 23.7 Å². The number of aromatic nitrogens is 1. The van der Waals surface area contributed by atoms with Crippen molar-refractivity contribution in [3.63, 3.8) is 0 Å². The van der Waals surface area contributed by atoms with Crippen LogP contribution in [0, 0.1) is 0 Å². The first kappa shape index (κ1) is 15.5. The van der Waals surface area contributed by atoms with Crippen LogP contribution < -0.4 is 5.73 Å². The van der Waals surface area contributed by atoms with Gasteiger partial charge < -0.3 is 10.6 Å². The van der Waals surface area contributed by atoms with Gasteiger partial charge in [-0.2, -0.15) is 0 Å². The van der Waals surface area contributed by atoms with Crippen molar-refractivity contribution in [3.8, 4) is 0 Å². The van der Waals surface area contributed by atoms with E-state index in [1.165, 1.54) is 11.3 Å². The van der Waals surface area contributed by atoms with E-state index in [1.807, 2.05) is 34.5 Å². The number of amides is 1. The van der Waals surface area contributed by atoms with Gasteiger partial charge in [0.15, 0.2) is 0 Å². The van der Waals surface area contributed by atoms with Crippen LogP contribution in [0.1, 0.15) is 33.9 Å². The van der Waals surface area contributed by atoms with Gasteiger partial charge in [-0.15, -0.1) is 11.3 Å². The van der Waals surface area contributed by atoms with E-state index in [9.17, 15) is 4.79 Å². The molecule has 22 heavy (non-hydrogen) atoms. The summed E-state index contributed by atoms with van der Waals surface area (Å²) in [5.41, 5.74) is 7.16. The minimum Gasteiger partial charge on any atom is -0.330 e. The molecular formula is C16H18ClN3OS. The van der Waals surface area contributed by atoms with Gasteiger partial charge >= 0.3 is 0 Å². The van der Waals surface area contributed by atoms with Crippen molar-refractivity contribution >= 4 is 28.8 Å². The van der Waals surface area contributed by atoms with Gasteiger partial charge in [-0.25, -0.2) is 4.98 Å². The molecule has 116 valence electrons. The fourth-order valence-corrected chi connectivity index (χ4v) is 3.25. The van der Waals surface area contributed by atoms with Crippen LogP contribution in [0.15, 0.2) is 29.6 Å². The number of rotatable bonds is 6. The zero-order valence-electron chi connectivity index (χ0n) is 12.2. The molecule has 1 aliphatic carbocycles. The molecule has 0 bridgehead atoms. The molecule has 0 radical (unpaired) electrons. The highest BCUT2D eigenvalue weighted by Crippen LogP contribution is 2.30. The van der Waals surface area contributed by atoms with Crippen LogP contribution in [0.2, 0.25) is 5.02 Å². The largest absolute Gasteiger partial charge is 0.330 e. The molecule has 4 nitrogen and oxygen atoms in total. The molecule has 6 heteroatoms. The lowest BCUT2D eigenvalue weighted by molar-refractivity contribution is 0.0724. The van der Waals surface area contributed by atoms with E-state index in [1.54, 1.807) is 0 Å². The summed E-state index contributed by atoms with van der Waals surface area (Å²) in [5, 5.41) is 3.47. The van der Waals surface area contributed by atoms with Crippen LogP contribution in [-0.4, -0.2) is 28.4 Å². The summed E-state index contributed by atoms with van der Waals surface area (Å²) in [6.07, 6.45) is 2.86. The Morgan fingerprint density at radius 2 is 2.09 bits per heavy atom. The van der Waals surface area contributed by atoms with Crippen molar-refractivity contribution in [2.75, 3.05) is 6.54 Å². The molecule has 1 heterocycles. The second-order valence-electron chi connectivity index (χ2n) is 5.46. The molecule has 1 amide bonds. The van der Waals surface area contributed by atoms with Gasteiger partial charge in [0.1, 0.15) is 5.69 Å². The van der Waals surface area contributed by atoms with Crippen LogP contribution in [-0.2, 0) is 13.0 Å². The first-order chi connectivity index (χ1) is 10.7. The third-order valence-electron chi connectivity index (χ3n) is 3.64. The maximum absolute atomic E-state index is 12.7. The molecule has 0 saturated heterocycles. The Bertz CT molecular complexity index is 652. The van der Waals surface area contributed by atoms with E-state index >= 15 is 0 Å². The normalized spacial score (nSPS) is 14.1. The minimum atomic E-state index is 0.0111. The monoisotopic (exact) mass is 335 g/mol. The zero-order chi connectivity index (χ0) is 15.5. The number of halogens is 1. The number of benzene rings is 1. The molecule has 0 atom stereocenters. The highest BCUT2D eigenvalue weighted by atomic mass is 35.5. The second kappa shape index (κ2) is 6.77. The Morgan fingerprint density at radius 3 is 2.73 bits per heavy atom. The van der Waals surface area contributed by atoms with E-state index in [-0.39, 0.29) is 5.91 Å². The minimum absolute atomic E-state index is 0.0111. The van der Waals surface area contributed by atoms with E-state index in [2.05, 4.69) is 4.98 Å². The van der Waals surface area contributed by atoms with Gasteiger partial charge in [0.25, 0.3) is 5.91 Å². The molecule has 1 aromatic heterocycles. The van der Waals surface area contributed by atoms with Gasteiger partial charge in [0, 0.05) is 29.4 Å².